The van der Waals surface area contributed by atoms with Crippen LogP contribution in [0.25, 0.3) is 11.0 Å². The number of nitrogens with zero attached hydrogens (tertiary/aromatic N) is 2. The van der Waals surface area contributed by atoms with E-state index < -0.39 is 11.5 Å². The molecule has 0 atom stereocenters. The van der Waals surface area contributed by atoms with Gasteiger partial charge in [-0.1, -0.05) is 12.1 Å². The average molecular weight is 379 g/mol. The van der Waals surface area contributed by atoms with Gasteiger partial charge in [0.05, 0.1) is 29.5 Å². The lowest BCUT2D eigenvalue weighted by molar-refractivity contribution is 0.0916. The predicted molar refractivity (Wildman–Crippen MR) is 104 cm³/mol. The molecule has 2 aromatic heterocycles. The van der Waals surface area contributed by atoms with Gasteiger partial charge in [0.2, 0.25) is 0 Å². The number of nitrogens with one attached hydrogen (secondary N) is 3. The topological polar surface area (TPSA) is 109 Å². The third-order valence-electron chi connectivity index (χ3n) is 5.13. The number of hydrogen-bond donors (Lipinski definition) is 3. The lowest BCUT2D eigenvalue weighted by Gasteiger charge is -2.26. The first-order valence-corrected chi connectivity index (χ1v) is 9.25. The van der Waals surface area contributed by atoms with Gasteiger partial charge in [-0.2, -0.15) is 0 Å². The second-order valence-electron chi connectivity index (χ2n) is 6.97. The zero-order valence-corrected chi connectivity index (χ0v) is 15.5. The molecule has 2 heterocycles. The Labute approximate surface area is 161 Å². The van der Waals surface area contributed by atoms with Gasteiger partial charge in [-0.3, -0.25) is 14.4 Å². The normalized spacial score (nSPS) is 13.9. The summed E-state index contributed by atoms with van der Waals surface area (Å²) >= 11 is 0. The number of imidazole rings is 1. The summed E-state index contributed by atoms with van der Waals surface area (Å²) in [6.07, 6.45) is 6.11. The van der Waals surface area contributed by atoms with Crippen molar-refractivity contribution in [3.05, 3.63) is 63.8 Å². The van der Waals surface area contributed by atoms with Gasteiger partial charge in [-0.15, -0.1) is 0 Å². The van der Waals surface area contributed by atoms with Crippen molar-refractivity contribution in [2.75, 3.05) is 7.05 Å². The minimum atomic E-state index is -0.518. The van der Waals surface area contributed by atoms with Crippen molar-refractivity contribution in [1.82, 2.24) is 25.2 Å². The van der Waals surface area contributed by atoms with Crippen LogP contribution >= 0.6 is 0 Å². The van der Waals surface area contributed by atoms with Crippen LogP contribution in [0.15, 0.2) is 41.6 Å². The molecule has 0 aliphatic heterocycles. The summed E-state index contributed by atoms with van der Waals surface area (Å²) in [4.78, 5) is 45.0. The van der Waals surface area contributed by atoms with Gasteiger partial charge in [0, 0.05) is 19.3 Å². The first kappa shape index (κ1) is 18.0. The molecule has 1 aromatic carbocycles. The molecule has 0 unspecified atom stereocenters. The molecule has 8 nitrogen and oxygen atoms in total. The van der Waals surface area contributed by atoms with E-state index in [1.54, 1.807) is 6.33 Å². The number of rotatable bonds is 5. The Morgan fingerprint density at radius 2 is 2.11 bits per heavy atom. The van der Waals surface area contributed by atoms with E-state index in [2.05, 4.69) is 20.6 Å². The van der Waals surface area contributed by atoms with E-state index in [1.165, 1.54) is 23.9 Å². The minimum absolute atomic E-state index is 0.0574. The molecule has 1 saturated carbocycles. The van der Waals surface area contributed by atoms with Crippen LogP contribution in [0, 0.1) is 0 Å². The van der Waals surface area contributed by atoms with E-state index in [9.17, 15) is 14.4 Å². The van der Waals surface area contributed by atoms with E-state index in [0.29, 0.717) is 5.56 Å². The largest absolute Gasteiger partial charge is 0.355 e. The van der Waals surface area contributed by atoms with Gasteiger partial charge in [0.25, 0.3) is 17.4 Å². The standard InChI is InChI=1S/C20H21N5O3/c1-21-19(27)15-8-13(18(26)24-14-5-3-6-14)10-25(20(15)28)9-12-4-2-7-16-17(12)23-11-22-16/h2,4,7-8,10-11,14H,3,5-6,9H2,1H3,(H,21,27)(H,22,23)(H,24,26). The zero-order chi connectivity index (χ0) is 19.7. The molecule has 28 heavy (non-hydrogen) atoms. The molecule has 2 amide bonds. The molecule has 4 rings (SSSR count). The lowest BCUT2D eigenvalue weighted by atomic mass is 9.93. The summed E-state index contributed by atoms with van der Waals surface area (Å²) in [5, 5.41) is 5.42. The Morgan fingerprint density at radius 3 is 2.82 bits per heavy atom. The van der Waals surface area contributed by atoms with E-state index in [-0.39, 0.29) is 24.1 Å². The molecule has 0 spiro atoms. The number of aromatic amines is 1. The SMILES string of the molecule is CNC(=O)c1cc(C(=O)NC2CCC2)cn(Cc2cccc3[nH]cnc23)c1=O. The van der Waals surface area contributed by atoms with Crippen LogP contribution in [0.2, 0.25) is 0 Å². The van der Waals surface area contributed by atoms with Gasteiger partial charge in [-0.25, -0.2) is 4.98 Å². The summed E-state index contributed by atoms with van der Waals surface area (Å²) in [5.41, 5.74) is 2.21. The Bertz CT molecular complexity index is 1110. The number of pyridine rings is 1. The second-order valence-corrected chi connectivity index (χ2v) is 6.97. The fourth-order valence-electron chi connectivity index (χ4n) is 3.33. The number of aromatic nitrogens is 3. The third-order valence-corrected chi connectivity index (χ3v) is 5.13. The Balaban J connectivity index is 1.75. The van der Waals surface area contributed by atoms with Crippen LogP contribution in [0.5, 0.6) is 0 Å². The van der Waals surface area contributed by atoms with Crippen LogP contribution < -0.4 is 16.2 Å². The highest BCUT2D eigenvalue weighted by atomic mass is 16.2. The number of benzene rings is 1. The van der Waals surface area contributed by atoms with Crippen molar-refractivity contribution in [2.24, 2.45) is 0 Å². The maximum absolute atomic E-state index is 12.9. The van der Waals surface area contributed by atoms with Gasteiger partial charge < -0.3 is 20.2 Å². The van der Waals surface area contributed by atoms with Crippen LogP contribution in [-0.4, -0.2) is 39.4 Å². The third kappa shape index (κ3) is 3.28. The van der Waals surface area contributed by atoms with Crippen LogP contribution in [0.3, 0.4) is 0 Å². The highest BCUT2D eigenvalue weighted by molar-refractivity contribution is 5.99. The molecule has 0 saturated heterocycles. The number of H-pyrrole nitrogens is 1. The molecule has 3 N–H and O–H groups in total. The summed E-state index contributed by atoms with van der Waals surface area (Å²) in [7, 11) is 1.46. The van der Waals surface area contributed by atoms with E-state index in [1.807, 2.05) is 18.2 Å². The molecule has 0 radical (unpaired) electrons. The first-order chi connectivity index (χ1) is 13.6. The van der Waals surface area contributed by atoms with Gasteiger partial charge >= 0.3 is 0 Å². The van der Waals surface area contributed by atoms with Gasteiger partial charge in [-0.05, 0) is 37.0 Å². The number of carbonyl (C=O) groups is 2. The summed E-state index contributed by atoms with van der Waals surface area (Å²) in [6.45, 7) is 0.204. The Morgan fingerprint density at radius 1 is 1.29 bits per heavy atom. The van der Waals surface area contributed by atoms with E-state index >= 15 is 0 Å². The maximum atomic E-state index is 12.9. The van der Waals surface area contributed by atoms with Crippen molar-refractivity contribution in [1.29, 1.82) is 0 Å². The molecule has 1 aliphatic carbocycles. The van der Waals surface area contributed by atoms with Gasteiger partial charge in [0.15, 0.2) is 0 Å². The molecule has 0 bridgehead atoms. The Kier molecular flexibility index (Phi) is 4.68. The van der Waals surface area contributed by atoms with Crippen molar-refractivity contribution in [3.63, 3.8) is 0 Å². The maximum Gasteiger partial charge on any atom is 0.263 e. The van der Waals surface area contributed by atoms with Crippen molar-refractivity contribution < 1.29 is 9.59 Å². The van der Waals surface area contributed by atoms with E-state index in [0.717, 1.165) is 35.9 Å². The van der Waals surface area contributed by atoms with Crippen LogP contribution in [0.1, 0.15) is 45.5 Å². The second kappa shape index (κ2) is 7.30. The summed E-state index contributed by atoms with van der Waals surface area (Å²) < 4.78 is 1.39. The monoisotopic (exact) mass is 379 g/mol. The number of hydrogen-bond acceptors (Lipinski definition) is 4. The molecule has 1 fully saturated rings. The van der Waals surface area contributed by atoms with Crippen molar-refractivity contribution >= 4 is 22.8 Å². The van der Waals surface area contributed by atoms with Gasteiger partial charge in [0.1, 0.15) is 5.56 Å². The smallest absolute Gasteiger partial charge is 0.263 e. The average Bonchev–Trinajstić information content (AvgIpc) is 3.15. The number of amides is 2. The molecular weight excluding hydrogens is 358 g/mol. The number of fused-ring (bicyclic) bond motifs is 1. The Hall–Kier alpha value is -3.42. The zero-order valence-electron chi connectivity index (χ0n) is 15.5. The highest BCUT2D eigenvalue weighted by Gasteiger charge is 2.22. The highest BCUT2D eigenvalue weighted by Crippen LogP contribution is 2.19. The molecule has 144 valence electrons. The quantitative estimate of drug-likeness (QED) is 0.623. The molecular formula is C20H21N5O3. The van der Waals surface area contributed by atoms with Crippen LogP contribution in [0.4, 0.5) is 0 Å². The fourth-order valence-corrected chi connectivity index (χ4v) is 3.33. The van der Waals surface area contributed by atoms with Crippen molar-refractivity contribution in [3.8, 4) is 0 Å². The predicted octanol–water partition coefficient (Wildman–Crippen LogP) is 1.41. The summed E-state index contributed by atoms with van der Waals surface area (Å²) in [6, 6.07) is 7.16. The molecule has 1 aliphatic rings. The summed E-state index contributed by atoms with van der Waals surface area (Å²) in [5.74, 6) is -0.795. The van der Waals surface area contributed by atoms with E-state index in [4.69, 9.17) is 0 Å². The molecule has 8 heteroatoms. The minimum Gasteiger partial charge on any atom is -0.355 e. The number of para-hydroxylation sites is 1. The van der Waals surface area contributed by atoms with Crippen molar-refractivity contribution in [2.45, 2.75) is 31.8 Å². The molecule has 3 aromatic rings. The lowest BCUT2D eigenvalue weighted by Crippen LogP contribution is -2.40. The number of carbonyl (C=O) groups excluding carboxylic acids is 2. The van der Waals surface area contributed by atoms with Crippen LogP contribution in [-0.2, 0) is 6.54 Å². The first-order valence-electron chi connectivity index (χ1n) is 9.25. The fraction of sp³-hybridized carbons (Fsp3) is 0.300.